The Morgan fingerprint density at radius 2 is 1.89 bits per heavy atom. The molecule has 1 aliphatic heterocycles. The van der Waals surface area contributed by atoms with Crippen LogP contribution in [0.5, 0.6) is 0 Å². The minimum Gasteiger partial charge on any atom is -0.370 e. The molecule has 4 nitrogen and oxygen atoms in total. The molecule has 1 aromatic rings. The Morgan fingerprint density at radius 1 is 1.21 bits per heavy atom. The van der Waals surface area contributed by atoms with E-state index in [1.165, 1.54) is 25.7 Å². The van der Waals surface area contributed by atoms with Gasteiger partial charge >= 0.3 is 0 Å². The van der Waals surface area contributed by atoms with Gasteiger partial charge in [0.05, 0.1) is 11.9 Å². The van der Waals surface area contributed by atoms with E-state index in [9.17, 15) is 4.79 Å². The van der Waals surface area contributed by atoms with E-state index in [2.05, 4.69) is 15.2 Å². The molecule has 4 heteroatoms. The third-order valence-corrected chi connectivity index (χ3v) is 3.49. The number of anilines is 2. The predicted molar refractivity (Wildman–Crippen MR) is 78.4 cm³/mol. The van der Waals surface area contributed by atoms with Gasteiger partial charge in [0.25, 0.3) is 0 Å². The molecule has 104 valence electrons. The Bertz CT molecular complexity index is 406. The number of carbonyl (C=O) groups is 1. The van der Waals surface area contributed by atoms with Crippen molar-refractivity contribution in [2.24, 2.45) is 5.92 Å². The second kappa shape index (κ2) is 6.55. The fourth-order valence-electron chi connectivity index (χ4n) is 2.25. The Hall–Kier alpha value is -1.58. The molecule has 1 saturated heterocycles. The van der Waals surface area contributed by atoms with Gasteiger partial charge in [0.1, 0.15) is 5.82 Å². The molecule has 2 rings (SSSR count). The molecule has 2 heterocycles. The molecule has 0 aliphatic carbocycles. The number of hydrogen-bond donors (Lipinski definition) is 1. The van der Waals surface area contributed by atoms with E-state index in [0.717, 1.165) is 18.8 Å². The van der Waals surface area contributed by atoms with Crippen molar-refractivity contribution in [3.63, 3.8) is 0 Å². The molecule has 1 aliphatic rings. The van der Waals surface area contributed by atoms with Crippen molar-refractivity contribution in [1.29, 1.82) is 0 Å². The minimum atomic E-state index is -0.0212. The normalized spacial score (nSPS) is 16.3. The third-order valence-electron chi connectivity index (χ3n) is 3.49. The van der Waals surface area contributed by atoms with Crippen LogP contribution in [0.2, 0.25) is 0 Å². The highest BCUT2D eigenvalue weighted by Gasteiger charge is 2.11. The summed E-state index contributed by atoms with van der Waals surface area (Å²) in [6, 6.07) is 3.94. The first-order valence-corrected chi connectivity index (χ1v) is 7.18. The van der Waals surface area contributed by atoms with Crippen LogP contribution < -0.4 is 10.2 Å². The topological polar surface area (TPSA) is 45.2 Å². The van der Waals surface area contributed by atoms with Gasteiger partial charge in [0.15, 0.2) is 0 Å². The highest BCUT2D eigenvalue weighted by molar-refractivity contribution is 5.91. The highest BCUT2D eigenvalue weighted by Crippen LogP contribution is 2.19. The van der Waals surface area contributed by atoms with Gasteiger partial charge in [-0.15, -0.1) is 0 Å². The molecule has 0 saturated carbocycles. The maximum absolute atomic E-state index is 11.6. The van der Waals surface area contributed by atoms with Crippen LogP contribution in [0.4, 0.5) is 11.5 Å². The van der Waals surface area contributed by atoms with E-state index in [0.29, 0.717) is 5.82 Å². The summed E-state index contributed by atoms with van der Waals surface area (Å²) in [6.45, 7) is 5.97. The lowest BCUT2D eigenvalue weighted by molar-refractivity contribution is -0.118. The largest absolute Gasteiger partial charge is 0.370 e. The van der Waals surface area contributed by atoms with Crippen LogP contribution in [0.25, 0.3) is 0 Å². The minimum absolute atomic E-state index is 0.00928. The SMILES string of the molecule is CC(C)C(=O)Nc1ccc(N2CCCCCC2)cn1. The predicted octanol–water partition coefficient (Wildman–Crippen LogP) is 3.06. The number of nitrogens with one attached hydrogen (secondary N) is 1. The van der Waals surface area contributed by atoms with Gasteiger partial charge in [0.2, 0.25) is 5.91 Å². The lowest BCUT2D eigenvalue weighted by Crippen LogP contribution is -2.24. The average molecular weight is 261 g/mol. The lowest BCUT2D eigenvalue weighted by atomic mass is 10.2. The summed E-state index contributed by atoms with van der Waals surface area (Å²) < 4.78 is 0. The zero-order chi connectivity index (χ0) is 13.7. The van der Waals surface area contributed by atoms with Crippen molar-refractivity contribution in [1.82, 2.24) is 4.98 Å². The summed E-state index contributed by atoms with van der Waals surface area (Å²) in [5.41, 5.74) is 1.16. The molecule has 19 heavy (non-hydrogen) atoms. The zero-order valence-electron chi connectivity index (χ0n) is 11.9. The van der Waals surface area contributed by atoms with Crippen molar-refractivity contribution in [3.05, 3.63) is 18.3 Å². The molecule has 0 atom stereocenters. The molecular weight excluding hydrogens is 238 g/mol. The van der Waals surface area contributed by atoms with Crippen molar-refractivity contribution in [2.45, 2.75) is 39.5 Å². The van der Waals surface area contributed by atoms with Crippen LogP contribution in [0.1, 0.15) is 39.5 Å². The Balaban J connectivity index is 1.99. The van der Waals surface area contributed by atoms with Gasteiger partial charge < -0.3 is 10.2 Å². The van der Waals surface area contributed by atoms with Crippen LogP contribution in [0.3, 0.4) is 0 Å². The van der Waals surface area contributed by atoms with Gasteiger partial charge in [-0.05, 0) is 25.0 Å². The smallest absolute Gasteiger partial charge is 0.228 e. The highest BCUT2D eigenvalue weighted by atomic mass is 16.1. The third kappa shape index (κ3) is 3.94. The number of carbonyl (C=O) groups excluding carboxylic acids is 1. The standard InChI is InChI=1S/C15H23N3O/c1-12(2)15(19)17-14-8-7-13(11-16-14)18-9-5-3-4-6-10-18/h7-8,11-12H,3-6,9-10H2,1-2H3,(H,16,17,19). The van der Waals surface area contributed by atoms with Gasteiger partial charge in [0, 0.05) is 19.0 Å². The van der Waals surface area contributed by atoms with Gasteiger partial charge in [-0.25, -0.2) is 4.98 Å². The molecule has 0 radical (unpaired) electrons. The summed E-state index contributed by atoms with van der Waals surface area (Å²) in [4.78, 5) is 18.3. The monoisotopic (exact) mass is 261 g/mol. The number of nitrogens with zero attached hydrogens (tertiary/aromatic N) is 2. The zero-order valence-corrected chi connectivity index (χ0v) is 11.9. The van der Waals surface area contributed by atoms with Crippen LogP contribution in [0.15, 0.2) is 18.3 Å². The Morgan fingerprint density at radius 3 is 2.42 bits per heavy atom. The quantitative estimate of drug-likeness (QED) is 0.909. The molecule has 1 fully saturated rings. The summed E-state index contributed by atoms with van der Waals surface area (Å²) >= 11 is 0. The fraction of sp³-hybridized carbons (Fsp3) is 0.600. The molecule has 1 N–H and O–H groups in total. The van der Waals surface area contributed by atoms with Gasteiger partial charge in [-0.3, -0.25) is 4.79 Å². The molecule has 1 aromatic heterocycles. The van der Waals surface area contributed by atoms with Crippen LogP contribution in [-0.2, 0) is 4.79 Å². The van der Waals surface area contributed by atoms with E-state index >= 15 is 0 Å². The first kappa shape index (κ1) is 13.8. The van der Waals surface area contributed by atoms with Crippen LogP contribution in [-0.4, -0.2) is 24.0 Å². The number of aromatic nitrogens is 1. The molecule has 0 aromatic carbocycles. The molecule has 0 bridgehead atoms. The van der Waals surface area contributed by atoms with E-state index < -0.39 is 0 Å². The average Bonchev–Trinajstić information content (AvgIpc) is 2.68. The van der Waals surface area contributed by atoms with Crippen LogP contribution >= 0.6 is 0 Å². The second-order valence-corrected chi connectivity index (χ2v) is 5.45. The number of pyridine rings is 1. The van der Waals surface area contributed by atoms with E-state index in [4.69, 9.17) is 0 Å². The summed E-state index contributed by atoms with van der Waals surface area (Å²) in [7, 11) is 0. The number of rotatable bonds is 3. The fourth-order valence-corrected chi connectivity index (χ4v) is 2.25. The summed E-state index contributed by atoms with van der Waals surface area (Å²) in [5, 5.41) is 2.82. The number of hydrogen-bond acceptors (Lipinski definition) is 3. The molecule has 1 amide bonds. The van der Waals surface area contributed by atoms with Crippen molar-refractivity contribution in [3.8, 4) is 0 Å². The van der Waals surface area contributed by atoms with Crippen molar-refractivity contribution < 1.29 is 4.79 Å². The maximum atomic E-state index is 11.6. The first-order chi connectivity index (χ1) is 9.16. The van der Waals surface area contributed by atoms with E-state index in [1.54, 1.807) is 0 Å². The Labute approximate surface area is 115 Å². The van der Waals surface area contributed by atoms with Crippen LogP contribution in [0, 0.1) is 5.92 Å². The molecule has 0 unspecified atom stereocenters. The second-order valence-electron chi connectivity index (χ2n) is 5.45. The number of amides is 1. The maximum Gasteiger partial charge on any atom is 0.228 e. The van der Waals surface area contributed by atoms with Crippen molar-refractivity contribution in [2.75, 3.05) is 23.3 Å². The summed E-state index contributed by atoms with van der Waals surface area (Å²) in [5.74, 6) is 0.624. The Kier molecular flexibility index (Phi) is 4.77. The van der Waals surface area contributed by atoms with E-state index in [1.807, 2.05) is 32.2 Å². The lowest BCUT2D eigenvalue weighted by Gasteiger charge is -2.22. The van der Waals surface area contributed by atoms with E-state index in [-0.39, 0.29) is 11.8 Å². The summed E-state index contributed by atoms with van der Waals surface area (Å²) in [6.07, 6.45) is 7.03. The molecular formula is C15H23N3O. The van der Waals surface area contributed by atoms with Gasteiger partial charge in [-0.2, -0.15) is 0 Å². The van der Waals surface area contributed by atoms with Gasteiger partial charge in [-0.1, -0.05) is 26.7 Å². The van der Waals surface area contributed by atoms with Crippen molar-refractivity contribution >= 4 is 17.4 Å². The molecule has 0 spiro atoms. The first-order valence-electron chi connectivity index (χ1n) is 7.18.